The Kier molecular flexibility index (Phi) is 3.53. The van der Waals surface area contributed by atoms with Gasteiger partial charge in [-0.3, -0.25) is 0 Å². The van der Waals surface area contributed by atoms with Gasteiger partial charge in [-0.1, -0.05) is 0 Å². The molecule has 0 spiro atoms. The number of alkyl halides is 2. The first-order valence-corrected chi connectivity index (χ1v) is 4.97. The highest BCUT2D eigenvalue weighted by Crippen LogP contribution is 2.38. The molecule has 0 radical (unpaired) electrons. The van der Waals surface area contributed by atoms with E-state index >= 15 is 0 Å². The number of aliphatic hydroxyl groups is 1. The first-order valence-electron chi connectivity index (χ1n) is 4.97. The summed E-state index contributed by atoms with van der Waals surface area (Å²) in [4.78, 5) is 0. The molecule has 0 unspecified atom stereocenters. The molecule has 1 rings (SSSR count). The molecular formula is C12H16F2O2. The maximum Gasteiger partial charge on any atom is 0.267 e. The van der Waals surface area contributed by atoms with Crippen LogP contribution in [0.5, 0.6) is 5.75 Å². The third kappa shape index (κ3) is 2.50. The number of rotatable bonds is 3. The van der Waals surface area contributed by atoms with Crippen molar-refractivity contribution in [2.75, 3.05) is 7.11 Å². The molecule has 0 heterocycles. The van der Waals surface area contributed by atoms with Gasteiger partial charge in [0.1, 0.15) is 5.75 Å². The Balaban J connectivity index is 3.49. The fourth-order valence-corrected chi connectivity index (χ4v) is 1.65. The lowest BCUT2D eigenvalue weighted by Gasteiger charge is -2.23. The Morgan fingerprint density at radius 2 is 1.88 bits per heavy atom. The summed E-state index contributed by atoms with van der Waals surface area (Å²) in [6.45, 7) is 4.79. The zero-order valence-electron chi connectivity index (χ0n) is 9.84. The lowest BCUT2D eigenvalue weighted by Crippen LogP contribution is -2.18. The maximum absolute atomic E-state index is 12.8. The van der Waals surface area contributed by atoms with Crippen molar-refractivity contribution in [2.24, 2.45) is 0 Å². The predicted octanol–water partition coefficient (Wildman–Crippen LogP) is 3.17. The van der Waals surface area contributed by atoms with Crippen LogP contribution in [-0.2, 0) is 5.60 Å². The van der Waals surface area contributed by atoms with Crippen LogP contribution in [0.4, 0.5) is 8.78 Å². The Hall–Kier alpha value is -1.16. The van der Waals surface area contributed by atoms with Gasteiger partial charge in [0, 0.05) is 5.56 Å². The van der Waals surface area contributed by atoms with Crippen molar-refractivity contribution in [3.05, 3.63) is 28.8 Å². The summed E-state index contributed by atoms with van der Waals surface area (Å²) in [5.41, 5.74) is -0.334. The van der Waals surface area contributed by atoms with Gasteiger partial charge in [0.2, 0.25) is 0 Å². The number of methoxy groups -OCH3 is 1. The van der Waals surface area contributed by atoms with Crippen LogP contribution in [0.15, 0.2) is 12.1 Å². The first kappa shape index (κ1) is 12.9. The maximum atomic E-state index is 12.8. The van der Waals surface area contributed by atoms with Crippen molar-refractivity contribution in [3.63, 3.8) is 0 Å². The van der Waals surface area contributed by atoms with Crippen molar-refractivity contribution < 1.29 is 18.6 Å². The Labute approximate surface area is 93.9 Å². The van der Waals surface area contributed by atoms with Crippen LogP contribution in [0, 0.1) is 6.92 Å². The molecule has 0 aliphatic heterocycles. The van der Waals surface area contributed by atoms with Crippen molar-refractivity contribution in [1.29, 1.82) is 0 Å². The Bertz CT molecular complexity index is 381. The zero-order chi connectivity index (χ0) is 12.5. The Morgan fingerprint density at radius 3 is 2.25 bits per heavy atom. The SMILES string of the molecule is COc1c(C(F)F)cc(C)cc1C(C)(C)O. The standard InChI is InChI=1S/C12H16F2O2/c1-7-5-8(11(13)14)10(16-4)9(6-7)12(2,3)15/h5-6,11,15H,1-4H3. The molecule has 0 saturated heterocycles. The number of hydrogen-bond donors (Lipinski definition) is 1. The van der Waals surface area contributed by atoms with Crippen LogP contribution in [0.3, 0.4) is 0 Å². The van der Waals surface area contributed by atoms with E-state index in [1.165, 1.54) is 13.2 Å². The third-order valence-electron chi connectivity index (χ3n) is 2.36. The molecule has 1 aromatic rings. The molecule has 2 nitrogen and oxygen atoms in total. The van der Waals surface area contributed by atoms with Gasteiger partial charge in [-0.05, 0) is 38.5 Å². The molecule has 0 fully saturated rings. The van der Waals surface area contributed by atoms with Crippen molar-refractivity contribution >= 4 is 0 Å². The topological polar surface area (TPSA) is 29.5 Å². The monoisotopic (exact) mass is 230 g/mol. The van der Waals surface area contributed by atoms with E-state index in [0.717, 1.165) is 0 Å². The fourth-order valence-electron chi connectivity index (χ4n) is 1.65. The van der Waals surface area contributed by atoms with Crippen LogP contribution in [-0.4, -0.2) is 12.2 Å². The summed E-state index contributed by atoms with van der Waals surface area (Å²) in [6, 6.07) is 3.03. The molecular weight excluding hydrogens is 214 g/mol. The largest absolute Gasteiger partial charge is 0.496 e. The summed E-state index contributed by atoms with van der Waals surface area (Å²) < 4.78 is 30.6. The number of aryl methyl sites for hydroxylation is 1. The smallest absolute Gasteiger partial charge is 0.267 e. The van der Waals surface area contributed by atoms with Crippen molar-refractivity contribution in [3.8, 4) is 5.75 Å². The first-order chi connectivity index (χ1) is 7.27. The highest BCUT2D eigenvalue weighted by atomic mass is 19.3. The molecule has 0 bridgehead atoms. The van der Waals surface area contributed by atoms with Gasteiger partial charge in [-0.25, -0.2) is 8.78 Å². The fraction of sp³-hybridized carbons (Fsp3) is 0.500. The van der Waals surface area contributed by atoms with Crippen LogP contribution in [0.1, 0.15) is 37.0 Å². The van der Waals surface area contributed by atoms with Gasteiger partial charge in [0.05, 0.1) is 18.3 Å². The second kappa shape index (κ2) is 4.37. The number of ether oxygens (including phenoxy) is 1. The Morgan fingerprint density at radius 1 is 1.31 bits per heavy atom. The van der Waals surface area contributed by atoms with Crippen molar-refractivity contribution in [1.82, 2.24) is 0 Å². The van der Waals surface area contributed by atoms with Gasteiger partial charge >= 0.3 is 0 Å². The molecule has 1 N–H and O–H groups in total. The van der Waals surface area contributed by atoms with Gasteiger partial charge in [0.25, 0.3) is 6.43 Å². The number of hydrogen-bond acceptors (Lipinski definition) is 2. The zero-order valence-corrected chi connectivity index (χ0v) is 9.84. The minimum Gasteiger partial charge on any atom is -0.496 e. The summed E-state index contributed by atoms with van der Waals surface area (Å²) in [7, 11) is 1.33. The lowest BCUT2D eigenvalue weighted by atomic mass is 9.93. The van der Waals surface area contributed by atoms with Gasteiger partial charge in [0.15, 0.2) is 0 Å². The second-order valence-corrected chi connectivity index (χ2v) is 4.29. The molecule has 0 aliphatic rings. The molecule has 0 amide bonds. The number of halogens is 2. The molecule has 0 aliphatic carbocycles. The lowest BCUT2D eigenvalue weighted by molar-refractivity contribution is 0.0743. The summed E-state index contributed by atoms with van der Waals surface area (Å²) >= 11 is 0. The van der Waals surface area contributed by atoms with Crippen LogP contribution in [0.25, 0.3) is 0 Å². The van der Waals surface area contributed by atoms with Gasteiger partial charge in [-0.2, -0.15) is 0 Å². The molecule has 0 atom stereocenters. The van der Waals surface area contributed by atoms with Gasteiger partial charge < -0.3 is 9.84 Å². The van der Waals surface area contributed by atoms with E-state index in [1.807, 2.05) is 0 Å². The molecule has 90 valence electrons. The van der Waals surface area contributed by atoms with Gasteiger partial charge in [-0.15, -0.1) is 0 Å². The number of benzene rings is 1. The van der Waals surface area contributed by atoms with E-state index in [4.69, 9.17) is 4.74 Å². The average Bonchev–Trinajstić information content (AvgIpc) is 2.14. The molecule has 4 heteroatoms. The average molecular weight is 230 g/mol. The summed E-state index contributed by atoms with van der Waals surface area (Å²) in [5.74, 6) is 0.0631. The van der Waals surface area contributed by atoms with E-state index in [1.54, 1.807) is 26.8 Å². The minimum absolute atomic E-state index is 0.0631. The molecule has 0 saturated carbocycles. The molecule has 16 heavy (non-hydrogen) atoms. The van der Waals surface area contributed by atoms with E-state index in [-0.39, 0.29) is 11.3 Å². The molecule has 0 aromatic heterocycles. The molecule has 1 aromatic carbocycles. The van der Waals surface area contributed by atoms with E-state index in [0.29, 0.717) is 11.1 Å². The predicted molar refractivity (Wildman–Crippen MR) is 57.9 cm³/mol. The summed E-state index contributed by atoms with van der Waals surface area (Å²) in [6.07, 6.45) is -2.61. The highest BCUT2D eigenvalue weighted by Gasteiger charge is 2.26. The van der Waals surface area contributed by atoms with E-state index in [9.17, 15) is 13.9 Å². The van der Waals surface area contributed by atoms with E-state index < -0.39 is 12.0 Å². The van der Waals surface area contributed by atoms with Crippen molar-refractivity contribution in [2.45, 2.75) is 32.8 Å². The van der Waals surface area contributed by atoms with Crippen LogP contribution in [0.2, 0.25) is 0 Å². The third-order valence-corrected chi connectivity index (χ3v) is 2.36. The second-order valence-electron chi connectivity index (χ2n) is 4.29. The summed E-state index contributed by atoms with van der Waals surface area (Å²) in [5, 5.41) is 9.91. The van der Waals surface area contributed by atoms with Crippen LogP contribution >= 0.6 is 0 Å². The highest BCUT2D eigenvalue weighted by molar-refractivity contribution is 5.47. The van der Waals surface area contributed by atoms with E-state index in [2.05, 4.69) is 0 Å². The minimum atomic E-state index is -2.61. The normalized spacial score (nSPS) is 12.0. The quantitative estimate of drug-likeness (QED) is 0.864. The van der Waals surface area contributed by atoms with Crippen LogP contribution < -0.4 is 4.74 Å².